The lowest BCUT2D eigenvalue weighted by atomic mass is 9.99. The van der Waals surface area contributed by atoms with E-state index in [-0.39, 0.29) is 5.97 Å². The largest absolute Gasteiger partial charge is 0.468 e. The van der Waals surface area contributed by atoms with Crippen LogP contribution >= 0.6 is 0 Å². The normalized spacial score (nSPS) is 14.1. The molecule has 1 N–H and O–H groups in total. The Bertz CT molecular complexity index is 237. The van der Waals surface area contributed by atoms with Crippen molar-refractivity contribution in [3.8, 4) is 0 Å². The van der Waals surface area contributed by atoms with Gasteiger partial charge in [0.15, 0.2) is 0 Å². The molecule has 0 amide bonds. The van der Waals surface area contributed by atoms with Crippen LogP contribution in [0.3, 0.4) is 0 Å². The zero-order valence-electron chi connectivity index (χ0n) is 12.5. The second-order valence-corrected chi connectivity index (χ2v) is 4.39. The van der Waals surface area contributed by atoms with Crippen molar-refractivity contribution in [3.05, 3.63) is 0 Å². The highest BCUT2D eigenvalue weighted by atomic mass is 16.5. The molecule has 0 fully saturated rings. The first-order chi connectivity index (χ1) is 9.10. The van der Waals surface area contributed by atoms with Crippen LogP contribution in [0.1, 0.15) is 19.8 Å². The van der Waals surface area contributed by atoms with Gasteiger partial charge in [-0.05, 0) is 26.8 Å². The van der Waals surface area contributed by atoms with E-state index in [0.717, 1.165) is 6.42 Å². The molecule has 6 nitrogen and oxygen atoms in total. The van der Waals surface area contributed by atoms with Gasteiger partial charge in [0, 0.05) is 26.9 Å². The van der Waals surface area contributed by atoms with Crippen molar-refractivity contribution < 1.29 is 23.7 Å². The fourth-order valence-electron chi connectivity index (χ4n) is 1.44. The quantitative estimate of drug-likeness (QED) is 0.416. The number of carbonyl (C=O) groups is 1. The summed E-state index contributed by atoms with van der Waals surface area (Å²) in [4.78, 5) is 11.6. The minimum atomic E-state index is -0.691. The molecular weight excluding hydrogens is 250 g/mol. The first-order valence-corrected chi connectivity index (χ1v) is 6.52. The third-order valence-corrected chi connectivity index (χ3v) is 2.94. The molecule has 0 bridgehead atoms. The molecule has 6 heteroatoms. The molecule has 0 radical (unpaired) electrons. The summed E-state index contributed by atoms with van der Waals surface area (Å²) in [6.07, 6.45) is 1.40. The number of hydrogen-bond acceptors (Lipinski definition) is 6. The van der Waals surface area contributed by atoms with Crippen LogP contribution in [0.15, 0.2) is 0 Å². The molecule has 0 aromatic heterocycles. The van der Waals surface area contributed by atoms with Crippen LogP contribution in [0, 0.1) is 0 Å². The van der Waals surface area contributed by atoms with Crippen LogP contribution in [0.25, 0.3) is 0 Å². The Morgan fingerprint density at radius 2 is 1.68 bits per heavy atom. The zero-order chi connectivity index (χ0) is 14.6. The molecule has 0 spiro atoms. The Labute approximate surface area is 115 Å². The van der Waals surface area contributed by atoms with Gasteiger partial charge < -0.3 is 24.3 Å². The van der Waals surface area contributed by atoms with Crippen LogP contribution < -0.4 is 5.32 Å². The van der Waals surface area contributed by atoms with E-state index in [4.69, 9.17) is 18.9 Å². The summed E-state index contributed by atoms with van der Waals surface area (Å²) in [6, 6.07) is 0. The lowest BCUT2D eigenvalue weighted by molar-refractivity contribution is -0.148. The van der Waals surface area contributed by atoms with Crippen molar-refractivity contribution in [1.29, 1.82) is 0 Å². The topological polar surface area (TPSA) is 66.0 Å². The van der Waals surface area contributed by atoms with Crippen molar-refractivity contribution >= 4 is 5.97 Å². The van der Waals surface area contributed by atoms with Crippen LogP contribution in [-0.4, -0.2) is 65.8 Å². The molecule has 0 aromatic carbocycles. The average Bonchev–Trinajstić information content (AvgIpc) is 2.44. The Kier molecular flexibility index (Phi) is 10.8. The average molecular weight is 277 g/mol. The van der Waals surface area contributed by atoms with Crippen molar-refractivity contribution in [1.82, 2.24) is 5.32 Å². The van der Waals surface area contributed by atoms with E-state index < -0.39 is 5.54 Å². The van der Waals surface area contributed by atoms with Crippen molar-refractivity contribution in [2.24, 2.45) is 0 Å². The van der Waals surface area contributed by atoms with Crippen LogP contribution in [-0.2, 0) is 23.7 Å². The first kappa shape index (κ1) is 18.3. The summed E-state index contributed by atoms with van der Waals surface area (Å²) < 4.78 is 20.4. The van der Waals surface area contributed by atoms with E-state index in [1.165, 1.54) is 7.11 Å². The molecule has 1 atom stereocenters. The van der Waals surface area contributed by atoms with Gasteiger partial charge in [0.1, 0.15) is 5.54 Å². The van der Waals surface area contributed by atoms with Crippen LogP contribution in [0.2, 0.25) is 0 Å². The number of esters is 1. The Morgan fingerprint density at radius 3 is 2.21 bits per heavy atom. The maximum Gasteiger partial charge on any atom is 0.325 e. The maximum atomic E-state index is 11.6. The highest BCUT2D eigenvalue weighted by Gasteiger charge is 2.31. The summed E-state index contributed by atoms with van der Waals surface area (Å²) in [7, 11) is 4.77. The standard InChI is InChI=1S/C13H27NO5/c1-13(14-2,12(15)17-4)6-9-18-7-5-8-19-11-10-16-3/h14H,5-11H2,1-4H3. The van der Waals surface area contributed by atoms with E-state index in [2.05, 4.69) is 5.32 Å². The monoisotopic (exact) mass is 277 g/mol. The molecule has 0 aromatic rings. The van der Waals surface area contributed by atoms with Gasteiger partial charge in [-0.3, -0.25) is 4.79 Å². The van der Waals surface area contributed by atoms with E-state index in [1.807, 2.05) is 0 Å². The molecule has 114 valence electrons. The Hall–Kier alpha value is -0.690. The lowest BCUT2D eigenvalue weighted by Crippen LogP contribution is -2.49. The number of ether oxygens (including phenoxy) is 4. The molecule has 0 rings (SSSR count). The number of rotatable bonds is 12. The van der Waals surface area contributed by atoms with Gasteiger partial charge >= 0.3 is 5.97 Å². The Morgan fingerprint density at radius 1 is 1.05 bits per heavy atom. The second kappa shape index (κ2) is 11.2. The summed E-state index contributed by atoms with van der Waals surface area (Å²) >= 11 is 0. The number of likely N-dealkylation sites (N-methyl/N-ethyl adjacent to an activating group) is 1. The van der Waals surface area contributed by atoms with Crippen LogP contribution in [0.5, 0.6) is 0 Å². The molecule has 0 aliphatic carbocycles. The number of methoxy groups -OCH3 is 2. The first-order valence-electron chi connectivity index (χ1n) is 6.52. The summed E-state index contributed by atoms with van der Waals surface area (Å²) in [5.74, 6) is -0.276. The molecular formula is C13H27NO5. The summed E-state index contributed by atoms with van der Waals surface area (Å²) in [6.45, 7) is 4.80. The molecule has 1 unspecified atom stereocenters. The van der Waals surface area contributed by atoms with Gasteiger partial charge in [0.25, 0.3) is 0 Å². The van der Waals surface area contributed by atoms with Gasteiger partial charge in [0.05, 0.1) is 20.3 Å². The van der Waals surface area contributed by atoms with E-state index in [0.29, 0.717) is 39.5 Å². The Balaban J connectivity index is 3.54. The maximum absolute atomic E-state index is 11.6. The van der Waals surface area contributed by atoms with Gasteiger partial charge in [-0.2, -0.15) is 0 Å². The molecule has 0 aliphatic heterocycles. The highest BCUT2D eigenvalue weighted by molar-refractivity contribution is 5.80. The number of nitrogens with one attached hydrogen (secondary N) is 1. The summed E-state index contributed by atoms with van der Waals surface area (Å²) in [5.41, 5.74) is -0.691. The fraction of sp³-hybridized carbons (Fsp3) is 0.923. The van der Waals surface area contributed by atoms with Crippen molar-refractivity contribution in [2.75, 3.05) is 54.3 Å². The van der Waals surface area contributed by atoms with Gasteiger partial charge in [0.2, 0.25) is 0 Å². The van der Waals surface area contributed by atoms with Gasteiger partial charge in [-0.1, -0.05) is 0 Å². The predicted molar refractivity (Wildman–Crippen MR) is 72.2 cm³/mol. The van der Waals surface area contributed by atoms with Crippen molar-refractivity contribution in [2.45, 2.75) is 25.3 Å². The van der Waals surface area contributed by atoms with Crippen LogP contribution in [0.4, 0.5) is 0 Å². The molecule has 0 aliphatic rings. The molecule has 0 heterocycles. The zero-order valence-corrected chi connectivity index (χ0v) is 12.5. The van der Waals surface area contributed by atoms with Crippen molar-refractivity contribution in [3.63, 3.8) is 0 Å². The predicted octanol–water partition coefficient (Wildman–Crippen LogP) is 0.597. The smallest absolute Gasteiger partial charge is 0.325 e. The van der Waals surface area contributed by atoms with E-state index in [9.17, 15) is 4.79 Å². The molecule has 0 saturated carbocycles. The third-order valence-electron chi connectivity index (χ3n) is 2.94. The SMILES string of the molecule is CNC(C)(CCOCCCOCCOC)C(=O)OC. The second-order valence-electron chi connectivity index (χ2n) is 4.39. The summed E-state index contributed by atoms with van der Waals surface area (Å²) in [5, 5.41) is 2.96. The number of carbonyl (C=O) groups excluding carboxylic acids is 1. The highest BCUT2D eigenvalue weighted by Crippen LogP contribution is 2.11. The third kappa shape index (κ3) is 8.15. The van der Waals surface area contributed by atoms with E-state index in [1.54, 1.807) is 21.1 Å². The fourth-order valence-corrected chi connectivity index (χ4v) is 1.44. The lowest BCUT2D eigenvalue weighted by Gasteiger charge is -2.25. The number of hydrogen-bond donors (Lipinski definition) is 1. The molecule has 19 heavy (non-hydrogen) atoms. The van der Waals surface area contributed by atoms with E-state index >= 15 is 0 Å². The minimum Gasteiger partial charge on any atom is -0.468 e. The van der Waals surface area contributed by atoms with Gasteiger partial charge in [-0.15, -0.1) is 0 Å². The molecule has 0 saturated heterocycles. The van der Waals surface area contributed by atoms with Gasteiger partial charge in [-0.25, -0.2) is 0 Å². The minimum absolute atomic E-state index is 0.276.